The molecule has 11 aromatic rings. The Balaban J connectivity index is 1.04. The topological polar surface area (TPSA) is 51.8 Å². The van der Waals surface area contributed by atoms with Gasteiger partial charge < -0.3 is 4.42 Å². The molecular weight excluding hydrogens is 739 g/mol. The zero-order chi connectivity index (χ0) is 39.2. The van der Waals surface area contributed by atoms with Gasteiger partial charge in [0.25, 0.3) is 0 Å². The first-order valence-electron chi connectivity index (χ1n) is 20.0. The lowest BCUT2D eigenvalue weighted by atomic mass is 9.82. The number of hydrogen-bond acceptors (Lipinski definition) is 5. The monoisotopic (exact) mass is 773 g/mol. The van der Waals surface area contributed by atoms with E-state index in [0.29, 0.717) is 17.5 Å². The molecule has 0 amide bonds. The highest BCUT2D eigenvalue weighted by molar-refractivity contribution is 7.26. The van der Waals surface area contributed by atoms with E-state index >= 15 is 0 Å². The van der Waals surface area contributed by atoms with E-state index in [1.165, 1.54) is 53.6 Å². The first-order chi connectivity index (χ1) is 29.0. The van der Waals surface area contributed by atoms with Gasteiger partial charge in [0.15, 0.2) is 17.5 Å². The van der Waals surface area contributed by atoms with Crippen LogP contribution < -0.4 is 0 Å². The molecule has 8 aromatic carbocycles. The van der Waals surface area contributed by atoms with E-state index < -0.39 is 0 Å². The number of furan rings is 1. The van der Waals surface area contributed by atoms with E-state index in [2.05, 4.69) is 190 Å². The maximum atomic E-state index is 6.52. The SMILES string of the molecule is CC1(C)c2ccccc2-c2c(-c3nc(-c4cccc(-c5ccc6c(c5)oc5cccc(-c7ccccc7)c56)c4)nc(-c4cccc5c4sc4ccccc45)n3)cccc21. The molecule has 0 fully saturated rings. The fraction of sp³-hybridized carbons (Fsp3) is 0.0556. The van der Waals surface area contributed by atoms with Crippen LogP contribution in [0.5, 0.6) is 0 Å². The maximum absolute atomic E-state index is 6.52. The molecule has 59 heavy (non-hydrogen) atoms. The van der Waals surface area contributed by atoms with Gasteiger partial charge in [0.05, 0.1) is 0 Å². The van der Waals surface area contributed by atoms with Crippen molar-refractivity contribution in [3.05, 3.63) is 187 Å². The fourth-order valence-corrected chi connectivity index (χ4v) is 10.5. The maximum Gasteiger partial charge on any atom is 0.165 e. The summed E-state index contributed by atoms with van der Waals surface area (Å²) in [7, 11) is 0. The Hall–Kier alpha value is -7.21. The van der Waals surface area contributed by atoms with Crippen molar-refractivity contribution in [3.8, 4) is 67.5 Å². The number of aromatic nitrogens is 3. The average molecular weight is 774 g/mol. The molecule has 0 radical (unpaired) electrons. The third-order valence-electron chi connectivity index (χ3n) is 12.2. The molecule has 5 heteroatoms. The van der Waals surface area contributed by atoms with Crippen LogP contribution in [0.4, 0.5) is 0 Å². The molecule has 0 saturated carbocycles. The number of thiophene rings is 1. The first kappa shape index (κ1) is 33.9. The molecule has 4 nitrogen and oxygen atoms in total. The molecule has 1 aliphatic rings. The summed E-state index contributed by atoms with van der Waals surface area (Å²) < 4.78 is 8.94. The molecule has 3 aromatic heterocycles. The van der Waals surface area contributed by atoms with Crippen LogP contribution in [0.15, 0.2) is 180 Å². The molecule has 12 rings (SSSR count). The van der Waals surface area contributed by atoms with Crippen LogP contribution in [0, 0.1) is 0 Å². The number of hydrogen-bond donors (Lipinski definition) is 0. The minimum absolute atomic E-state index is 0.151. The summed E-state index contributed by atoms with van der Waals surface area (Å²) >= 11 is 1.79. The van der Waals surface area contributed by atoms with Gasteiger partial charge in [-0.25, -0.2) is 15.0 Å². The van der Waals surface area contributed by atoms with Crippen LogP contribution in [-0.2, 0) is 5.41 Å². The standard InChI is InChI=1S/C54H35N3OS/c1-54(2)43-24-8-6-19-39(43)48-41(22-12-25-44(48)54)52-55-51(56-53(57-52)42-23-11-21-38-37-18-7-9-27-47(37)59-50(38)42)35-17-10-16-33(30-35)34-28-29-40-46(31-34)58-45-26-13-20-36(49(40)45)32-14-4-3-5-15-32/h3-31H,1-2H3. The van der Waals surface area contributed by atoms with Crippen molar-refractivity contribution >= 4 is 53.4 Å². The van der Waals surface area contributed by atoms with Crippen LogP contribution >= 0.6 is 11.3 Å². The Labute approximate surface area is 345 Å². The number of nitrogens with zero attached hydrogens (tertiary/aromatic N) is 3. The summed E-state index contributed by atoms with van der Waals surface area (Å²) in [5, 5.41) is 4.68. The predicted octanol–water partition coefficient (Wildman–Crippen LogP) is 14.8. The van der Waals surface area contributed by atoms with Gasteiger partial charge in [-0.3, -0.25) is 0 Å². The lowest BCUT2D eigenvalue weighted by Gasteiger charge is -2.21. The highest BCUT2D eigenvalue weighted by Gasteiger charge is 2.37. The fourth-order valence-electron chi connectivity index (χ4n) is 9.31. The molecule has 3 heterocycles. The third-order valence-corrected chi connectivity index (χ3v) is 13.4. The zero-order valence-corrected chi connectivity index (χ0v) is 33.2. The van der Waals surface area contributed by atoms with Crippen molar-refractivity contribution in [2.24, 2.45) is 0 Å². The summed E-state index contributed by atoms with van der Waals surface area (Å²) in [6, 6.07) is 62.3. The molecule has 0 aliphatic heterocycles. The van der Waals surface area contributed by atoms with E-state index in [9.17, 15) is 0 Å². The molecule has 0 saturated heterocycles. The van der Waals surface area contributed by atoms with Gasteiger partial charge in [0, 0.05) is 53.1 Å². The molecule has 1 aliphatic carbocycles. The quantitative estimate of drug-likeness (QED) is 0.175. The number of rotatable bonds is 5. The Morgan fingerprint density at radius 2 is 1.05 bits per heavy atom. The van der Waals surface area contributed by atoms with Gasteiger partial charge in [-0.05, 0) is 80.9 Å². The summed E-state index contributed by atoms with van der Waals surface area (Å²) in [5.74, 6) is 1.95. The van der Waals surface area contributed by atoms with Crippen molar-refractivity contribution in [1.82, 2.24) is 15.0 Å². The summed E-state index contributed by atoms with van der Waals surface area (Å²) in [5.41, 5.74) is 14.0. The minimum atomic E-state index is -0.151. The van der Waals surface area contributed by atoms with Crippen molar-refractivity contribution in [1.29, 1.82) is 0 Å². The highest BCUT2D eigenvalue weighted by atomic mass is 32.1. The van der Waals surface area contributed by atoms with Gasteiger partial charge in [0.1, 0.15) is 11.2 Å². The van der Waals surface area contributed by atoms with Gasteiger partial charge in [-0.15, -0.1) is 11.3 Å². The van der Waals surface area contributed by atoms with Crippen LogP contribution in [0.2, 0.25) is 0 Å². The summed E-state index contributed by atoms with van der Waals surface area (Å²) in [4.78, 5) is 16.0. The van der Waals surface area contributed by atoms with Gasteiger partial charge >= 0.3 is 0 Å². The molecule has 0 atom stereocenters. The Kier molecular flexibility index (Phi) is 7.41. The predicted molar refractivity (Wildman–Crippen MR) is 245 cm³/mol. The number of benzene rings is 8. The molecule has 0 spiro atoms. The second-order valence-corrected chi connectivity index (χ2v) is 17.0. The highest BCUT2D eigenvalue weighted by Crippen LogP contribution is 2.52. The minimum Gasteiger partial charge on any atom is -0.456 e. The third kappa shape index (κ3) is 5.25. The molecular formula is C54H35N3OS. The molecule has 0 N–H and O–H groups in total. The Morgan fingerprint density at radius 1 is 0.424 bits per heavy atom. The van der Waals surface area contributed by atoms with Crippen LogP contribution in [-0.4, -0.2) is 15.0 Å². The molecule has 0 bridgehead atoms. The second kappa shape index (κ2) is 12.9. The Morgan fingerprint density at radius 3 is 1.97 bits per heavy atom. The molecule has 0 unspecified atom stereocenters. The van der Waals surface area contributed by atoms with E-state index in [1.54, 1.807) is 11.3 Å². The first-order valence-corrected chi connectivity index (χ1v) is 20.8. The van der Waals surface area contributed by atoms with Crippen LogP contribution in [0.25, 0.3) is 110 Å². The van der Waals surface area contributed by atoms with E-state index in [4.69, 9.17) is 19.4 Å². The van der Waals surface area contributed by atoms with Crippen molar-refractivity contribution < 1.29 is 4.42 Å². The van der Waals surface area contributed by atoms with Gasteiger partial charge in [-0.2, -0.15) is 0 Å². The summed E-state index contributed by atoms with van der Waals surface area (Å²) in [6.45, 7) is 4.62. The Bertz CT molecular complexity index is 3490. The molecule has 278 valence electrons. The van der Waals surface area contributed by atoms with Crippen LogP contribution in [0.3, 0.4) is 0 Å². The summed E-state index contributed by atoms with van der Waals surface area (Å²) in [6.07, 6.45) is 0. The van der Waals surface area contributed by atoms with E-state index in [0.717, 1.165) is 49.8 Å². The lowest BCUT2D eigenvalue weighted by molar-refractivity contribution is 0.660. The smallest absolute Gasteiger partial charge is 0.165 e. The van der Waals surface area contributed by atoms with E-state index in [-0.39, 0.29) is 5.41 Å². The average Bonchev–Trinajstić information content (AvgIpc) is 3.94. The second-order valence-electron chi connectivity index (χ2n) is 15.9. The van der Waals surface area contributed by atoms with Crippen LogP contribution in [0.1, 0.15) is 25.0 Å². The van der Waals surface area contributed by atoms with Crippen molar-refractivity contribution in [2.75, 3.05) is 0 Å². The van der Waals surface area contributed by atoms with Gasteiger partial charge in [-0.1, -0.05) is 153 Å². The normalized spacial score (nSPS) is 13.1. The van der Waals surface area contributed by atoms with Crippen molar-refractivity contribution in [2.45, 2.75) is 19.3 Å². The largest absolute Gasteiger partial charge is 0.456 e. The van der Waals surface area contributed by atoms with Crippen molar-refractivity contribution in [3.63, 3.8) is 0 Å². The zero-order valence-electron chi connectivity index (χ0n) is 32.4. The van der Waals surface area contributed by atoms with E-state index in [1.807, 2.05) is 0 Å². The lowest BCUT2D eigenvalue weighted by Crippen LogP contribution is -2.14. The number of fused-ring (bicyclic) bond motifs is 9. The van der Waals surface area contributed by atoms with Gasteiger partial charge in [0.2, 0.25) is 0 Å².